The van der Waals surface area contributed by atoms with Gasteiger partial charge in [0.25, 0.3) is 0 Å². The fourth-order valence-corrected chi connectivity index (χ4v) is 4.04. The number of amides is 2. The summed E-state index contributed by atoms with van der Waals surface area (Å²) in [5, 5.41) is 0. The van der Waals surface area contributed by atoms with Gasteiger partial charge < -0.3 is 14.7 Å². The fourth-order valence-electron chi connectivity index (χ4n) is 4.04. The SMILES string of the molecule is CC(C)C(=O)N1CCN(CC2CC2)C[C@@]2(CC(=O)N(C)C2)C1. The van der Waals surface area contributed by atoms with Crippen molar-refractivity contribution in [3.8, 4) is 0 Å². The van der Waals surface area contributed by atoms with Crippen molar-refractivity contribution in [3.63, 3.8) is 0 Å². The van der Waals surface area contributed by atoms with E-state index in [1.54, 1.807) is 0 Å². The highest BCUT2D eigenvalue weighted by molar-refractivity contribution is 5.80. The molecule has 3 aliphatic rings. The van der Waals surface area contributed by atoms with Gasteiger partial charge in [0.1, 0.15) is 0 Å². The molecule has 0 radical (unpaired) electrons. The number of hydrogen-bond acceptors (Lipinski definition) is 3. The minimum absolute atomic E-state index is 0.0295. The topological polar surface area (TPSA) is 43.9 Å². The summed E-state index contributed by atoms with van der Waals surface area (Å²) in [6.07, 6.45) is 3.28. The fraction of sp³-hybridized carbons (Fsp3) is 0.882. The molecule has 2 saturated heterocycles. The first-order valence-electron chi connectivity index (χ1n) is 8.64. The Morgan fingerprint density at radius 1 is 1.23 bits per heavy atom. The van der Waals surface area contributed by atoms with Crippen molar-refractivity contribution in [2.45, 2.75) is 33.1 Å². The lowest BCUT2D eigenvalue weighted by atomic mass is 9.85. The molecule has 2 amide bonds. The lowest BCUT2D eigenvalue weighted by Crippen LogP contribution is -2.45. The second-order valence-electron chi connectivity index (χ2n) is 8.02. The van der Waals surface area contributed by atoms with Crippen LogP contribution >= 0.6 is 0 Å². The summed E-state index contributed by atoms with van der Waals surface area (Å²) < 4.78 is 0. The van der Waals surface area contributed by atoms with Crippen LogP contribution in [0.1, 0.15) is 33.1 Å². The zero-order valence-corrected chi connectivity index (χ0v) is 14.2. The van der Waals surface area contributed by atoms with Gasteiger partial charge in [0.15, 0.2) is 0 Å². The zero-order valence-electron chi connectivity index (χ0n) is 14.2. The molecule has 3 fully saturated rings. The first-order valence-corrected chi connectivity index (χ1v) is 8.64. The van der Waals surface area contributed by atoms with Crippen LogP contribution in [0.15, 0.2) is 0 Å². The average Bonchev–Trinajstić information content (AvgIpc) is 3.22. The first-order chi connectivity index (χ1) is 10.4. The van der Waals surface area contributed by atoms with Crippen LogP contribution in [-0.2, 0) is 9.59 Å². The van der Waals surface area contributed by atoms with Crippen molar-refractivity contribution in [1.82, 2.24) is 14.7 Å². The van der Waals surface area contributed by atoms with Gasteiger partial charge in [0, 0.05) is 64.1 Å². The minimum Gasteiger partial charge on any atom is -0.345 e. The summed E-state index contributed by atoms with van der Waals surface area (Å²) in [6, 6.07) is 0. The minimum atomic E-state index is -0.0677. The van der Waals surface area contributed by atoms with E-state index >= 15 is 0 Å². The van der Waals surface area contributed by atoms with Gasteiger partial charge in [-0.15, -0.1) is 0 Å². The highest BCUT2D eigenvalue weighted by atomic mass is 16.2. The van der Waals surface area contributed by atoms with Crippen LogP contribution in [0.5, 0.6) is 0 Å². The van der Waals surface area contributed by atoms with E-state index in [0.29, 0.717) is 6.42 Å². The number of rotatable bonds is 3. The Balaban J connectivity index is 1.78. The predicted octanol–water partition coefficient (Wildman–Crippen LogP) is 1.05. The Hall–Kier alpha value is -1.10. The molecule has 1 spiro atoms. The van der Waals surface area contributed by atoms with Crippen LogP contribution < -0.4 is 0 Å². The summed E-state index contributed by atoms with van der Waals surface area (Å²) in [5.41, 5.74) is -0.0677. The monoisotopic (exact) mass is 307 g/mol. The van der Waals surface area contributed by atoms with Gasteiger partial charge in [-0.1, -0.05) is 13.8 Å². The quantitative estimate of drug-likeness (QED) is 0.783. The van der Waals surface area contributed by atoms with E-state index in [0.717, 1.165) is 45.2 Å². The standard InChI is InChI=1S/C17H29N3O2/c1-13(2)16(22)20-7-6-19(9-14-4-5-14)11-17(12-20)8-15(21)18(3)10-17/h13-14H,4-12H2,1-3H3/t17-/m0/s1. The zero-order chi connectivity index (χ0) is 15.9. The highest BCUT2D eigenvalue weighted by Crippen LogP contribution is 2.37. The van der Waals surface area contributed by atoms with E-state index in [1.165, 1.54) is 12.8 Å². The van der Waals surface area contributed by atoms with Crippen LogP contribution in [0.2, 0.25) is 0 Å². The van der Waals surface area contributed by atoms with E-state index in [4.69, 9.17) is 0 Å². The smallest absolute Gasteiger partial charge is 0.225 e. The van der Waals surface area contributed by atoms with Crippen LogP contribution in [0.25, 0.3) is 0 Å². The molecular weight excluding hydrogens is 278 g/mol. The summed E-state index contributed by atoms with van der Waals surface area (Å²) in [6.45, 7) is 9.32. The highest BCUT2D eigenvalue weighted by Gasteiger charge is 2.46. The average molecular weight is 307 g/mol. The molecular formula is C17H29N3O2. The molecule has 1 atom stereocenters. The van der Waals surface area contributed by atoms with E-state index in [2.05, 4.69) is 4.90 Å². The van der Waals surface area contributed by atoms with Gasteiger partial charge in [-0.3, -0.25) is 9.59 Å². The van der Waals surface area contributed by atoms with E-state index in [9.17, 15) is 9.59 Å². The number of nitrogens with zero attached hydrogens (tertiary/aromatic N) is 3. The normalized spacial score (nSPS) is 30.5. The lowest BCUT2D eigenvalue weighted by molar-refractivity contribution is -0.135. The second kappa shape index (κ2) is 5.84. The summed E-state index contributed by atoms with van der Waals surface area (Å²) in [4.78, 5) is 31.0. The molecule has 5 nitrogen and oxygen atoms in total. The Kier molecular flexibility index (Phi) is 4.19. The van der Waals surface area contributed by atoms with Gasteiger partial charge in [0.2, 0.25) is 11.8 Å². The van der Waals surface area contributed by atoms with Gasteiger partial charge >= 0.3 is 0 Å². The maximum absolute atomic E-state index is 12.5. The maximum atomic E-state index is 12.5. The van der Waals surface area contributed by atoms with E-state index in [-0.39, 0.29) is 23.1 Å². The molecule has 3 rings (SSSR count). The third-order valence-electron chi connectivity index (χ3n) is 5.31. The number of carbonyl (C=O) groups excluding carboxylic acids is 2. The summed E-state index contributed by atoms with van der Waals surface area (Å²) in [5.74, 6) is 1.33. The van der Waals surface area contributed by atoms with Crippen LogP contribution in [0.4, 0.5) is 0 Å². The third kappa shape index (κ3) is 3.29. The van der Waals surface area contributed by atoms with Gasteiger partial charge in [-0.25, -0.2) is 0 Å². The Morgan fingerprint density at radius 2 is 1.95 bits per heavy atom. The largest absolute Gasteiger partial charge is 0.345 e. The molecule has 2 aliphatic heterocycles. The molecule has 22 heavy (non-hydrogen) atoms. The third-order valence-corrected chi connectivity index (χ3v) is 5.31. The van der Waals surface area contributed by atoms with Gasteiger partial charge in [-0.2, -0.15) is 0 Å². The van der Waals surface area contributed by atoms with E-state index in [1.807, 2.05) is 30.7 Å². The number of carbonyl (C=O) groups is 2. The van der Waals surface area contributed by atoms with Crippen molar-refractivity contribution in [3.05, 3.63) is 0 Å². The van der Waals surface area contributed by atoms with Crippen LogP contribution in [0, 0.1) is 17.3 Å². The van der Waals surface area contributed by atoms with Crippen molar-refractivity contribution >= 4 is 11.8 Å². The molecule has 0 N–H and O–H groups in total. The number of hydrogen-bond donors (Lipinski definition) is 0. The molecule has 124 valence electrons. The Morgan fingerprint density at radius 3 is 2.50 bits per heavy atom. The molecule has 1 aliphatic carbocycles. The number of likely N-dealkylation sites (tertiary alicyclic amines) is 1. The molecule has 1 saturated carbocycles. The molecule has 0 aromatic carbocycles. The Bertz CT molecular complexity index is 461. The molecule has 5 heteroatoms. The van der Waals surface area contributed by atoms with Crippen LogP contribution in [0.3, 0.4) is 0 Å². The van der Waals surface area contributed by atoms with Crippen molar-refractivity contribution in [1.29, 1.82) is 0 Å². The van der Waals surface area contributed by atoms with E-state index < -0.39 is 0 Å². The van der Waals surface area contributed by atoms with Gasteiger partial charge in [0.05, 0.1) is 0 Å². The molecule has 2 heterocycles. The molecule has 0 unspecified atom stereocenters. The van der Waals surface area contributed by atoms with Crippen molar-refractivity contribution in [2.24, 2.45) is 17.3 Å². The Labute approximate surface area is 133 Å². The summed E-state index contributed by atoms with van der Waals surface area (Å²) in [7, 11) is 1.89. The second-order valence-corrected chi connectivity index (χ2v) is 8.02. The molecule has 0 aromatic heterocycles. The maximum Gasteiger partial charge on any atom is 0.225 e. The van der Waals surface area contributed by atoms with Crippen LogP contribution in [-0.4, -0.2) is 72.8 Å². The summed E-state index contributed by atoms with van der Waals surface area (Å²) >= 11 is 0. The first kappa shape index (κ1) is 15.8. The van der Waals surface area contributed by atoms with Crippen molar-refractivity contribution in [2.75, 3.05) is 46.3 Å². The van der Waals surface area contributed by atoms with Gasteiger partial charge in [-0.05, 0) is 18.8 Å². The predicted molar refractivity (Wildman–Crippen MR) is 85.3 cm³/mol. The molecule has 0 bridgehead atoms. The molecule has 0 aromatic rings. The lowest BCUT2D eigenvalue weighted by Gasteiger charge is -2.34. The van der Waals surface area contributed by atoms with Crippen molar-refractivity contribution < 1.29 is 9.59 Å².